The third-order valence-electron chi connectivity index (χ3n) is 2.55. The van der Waals surface area contributed by atoms with E-state index in [0.717, 1.165) is 0 Å². The third-order valence-corrected chi connectivity index (χ3v) is 2.55. The van der Waals surface area contributed by atoms with Gasteiger partial charge in [-0.1, -0.05) is 30.3 Å². The van der Waals surface area contributed by atoms with Crippen LogP contribution in [-0.4, -0.2) is 11.9 Å². The lowest BCUT2D eigenvalue weighted by atomic mass is 10.1. The number of halogens is 1. The lowest BCUT2D eigenvalue weighted by molar-refractivity contribution is 0.0818. The molecule has 0 heterocycles. The summed E-state index contributed by atoms with van der Waals surface area (Å²) in [6.07, 6.45) is -0.599. The molecule has 0 radical (unpaired) electrons. The summed E-state index contributed by atoms with van der Waals surface area (Å²) in [5.74, 6) is 0.0532. The van der Waals surface area contributed by atoms with E-state index in [2.05, 4.69) is 0 Å². The predicted molar refractivity (Wildman–Crippen MR) is 67.3 cm³/mol. The SMILES string of the molecule is CC(Oc1ccc(F)cc1)C(=O)c1ccccc1. The van der Waals surface area contributed by atoms with Crippen molar-refractivity contribution in [3.8, 4) is 5.75 Å². The number of hydrogen-bond donors (Lipinski definition) is 0. The van der Waals surface area contributed by atoms with Crippen LogP contribution in [0.4, 0.5) is 4.39 Å². The molecule has 0 amide bonds. The highest BCUT2D eigenvalue weighted by atomic mass is 19.1. The number of ketones is 1. The van der Waals surface area contributed by atoms with E-state index >= 15 is 0 Å². The highest BCUT2D eigenvalue weighted by Gasteiger charge is 2.16. The fraction of sp³-hybridized carbons (Fsp3) is 0.133. The molecule has 0 bridgehead atoms. The molecule has 0 saturated carbocycles. The summed E-state index contributed by atoms with van der Waals surface area (Å²) in [4.78, 5) is 12.0. The molecule has 0 aliphatic carbocycles. The molecule has 0 aromatic heterocycles. The van der Waals surface area contributed by atoms with Crippen molar-refractivity contribution in [1.29, 1.82) is 0 Å². The van der Waals surface area contributed by atoms with Crippen LogP contribution in [0.25, 0.3) is 0 Å². The van der Waals surface area contributed by atoms with Crippen molar-refractivity contribution in [3.63, 3.8) is 0 Å². The van der Waals surface area contributed by atoms with Gasteiger partial charge in [-0.2, -0.15) is 0 Å². The Labute approximate surface area is 105 Å². The molecule has 18 heavy (non-hydrogen) atoms. The largest absolute Gasteiger partial charge is 0.483 e. The lowest BCUT2D eigenvalue weighted by Crippen LogP contribution is -2.23. The van der Waals surface area contributed by atoms with E-state index in [-0.39, 0.29) is 11.6 Å². The van der Waals surface area contributed by atoms with E-state index in [1.54, 1.807) is 31.2 Å². The molecular weight excluding hydrogens is 231 g/mol. The maximum absolute atomic E-state index is 12.7. The van der Waals surface area contributed by atoms with Crippen LogP contribution in [0.15, 0.2) is 54.6 Å². The summed E-state index contributed by atoms with van der Waals surface area (Å²) in [6, 6.07) is 14.6. The second-order valence-corrected chi connectivity index (χ2v) is 3.94. The fourth-order valence-electron chi connectivity index (χ4n) is 1.61. The molecule has 92 valence electrons. The molecule has 2 aromatic rings. The minimum absolute atomic E-state index is 0.0973. The van der Waals surface area contributed by atoms with Crippen LogP contribution in [-0.2, 0) is 0 Å². The zero-order valence-electron chi connectivity index (χ0n) is 9.97. The molecule has 0 aliphatic rings. The van der Waals surface area contributed by atoms with Crippen molar-refractivity contribution in [2.75, 3.05) is 0 Å². The molecule has 2 rings (SSSR count). The molecule has 1 atom stereocenters. The van der Waals surface area contributed by atoms with Crippen molar-refractivity contribution < 1.29 is 13.9 Å². The summed E-state index contributed by atoms with van der Waals surface area (Å²) in [7, 11) is 0. The number of benzene rings is 2. The average Bonchev–Trinajstić information content (AvgIpc) is 2.41. The monoisotopic (exact) mass is 244 g/mol. The Hall–Kier alpha value is -2.16. The van der Waals surface area contributed by atoms with Crippen molar-refractivity contribution in [1.82, 2.24) is 0 Å². The summed E-state index contributed by atoms with van der Waals surface area (Å²) in [6.45, 7) is 1.68. The molecule has 0 spiro atoms. The Morgan fingerprint density at radius 2 is 1.67 bits per heavy atom. The number of carbonyl (C=O) groups excluding carboxylic acids is 1. The first-order valence-corrected chi connectivity index (χ1v) is 5.68. The molecule has 0 saturated heterocycles. The van der Waals surface area contributed by atoms with Gasteiger partial charge < -0.3 is 4.74 Å². The third kappa shape index (κ3) is 2.94. The van der Waals surface area contributed by atoms with E-state index in [9.17, 15) is 9.18 Å². The van der Waals surface area contributed by atoms with E-state index in [1.807, 2.05) is 6.07 Å². The summed E-state index contributed by atoms with van der Waals surface area (Å²) in [5, 5.41) is 0. The van der Waals surface area contributed by atoms with Gasteiger partial charge in [-0.3, -0.25) is 4.79 Å². The van der Waals surface area contributed by atoms with Crippen LogP contribution in [0.5, 0.6) is 5.75 Å². The van der Waals surface area contributed by atoms with Gasteiger partial charge in [0.2, 0.25) is 5.78 Å². The highest BCUT2D eigenvalue weighted by Crippen LogP contribution is 2.15. The van der Waals surface area contributed by atoms with Crippen LogP contribution in [0.2, 0.25) is 0 Å². The van der Waals surface area contributed by atoms with Gasteiger partial charge in [0.05, 0.1) is 0 Å². The first-order chi connectivity index (χ1) is 8.66. The molecule has 1 unspecified atom stereocenters. The van der Waals surface area contributed by atoms with Crippen LogP contribution in [0, 0.1) is 5.82 Å². The number of Topliss-reactive ketones (excluding diaryl/α,β-unsaturated/α-hetero) is 1. The predicted octanol–water partition coefficient (Wildman–Crippen LogP) is 3.48. The summed E-state index contributed by atoms with van der Waals surface area (Å²) >= 11 is 0. The Kier molecular flexibility index (Phi) is 3.72. The maximum atomic E-state index is 12.7. The topological polar surface area (TPSA) is 26.3 Å². The summed E-state index contributed by atoms with van der Waals surface area (Å²) in [5.41, 5.74) is 0.604. The Balaban J connectivity index is 2.06. The Morgan fingerprint density at radius 1 is 1.06 bits per heavy atom. The molecule has 2 aromatic carbocycles. The van der Waals surface area contributed by atoms with Crippen molar-refractivity contribution in [2.24, 2.45) is 0 Å². The highest BCUT2D eigenvalue weighted by molar-refractivity contribution is 5.99. The molecule has 0 aliphatic heterocycles. The first kappa shape index (κ1) is 12.3. The number of hydrogen-bond acceptors (Lipinski definition) is 2. The standard InChI is InChI=1S/C15H13FO2/c1-11(15(17)12-5-3-2-4-6-12)18-14-9-7-13(16)8-10-14/h2-11H,1H3. The van der Waals surface area contributed by atoms with Crippen molar-refractivity contribution in [2.45, 2.75) is 13.0 Å². The molecule has 3 heteroatoms. The number of carbonyl (C=O) groups is 1. The zero-order chi connectivity index (χ0) is 13.0. The summed E-state index contributed by atoms with van der Waals surface area (Å²) < 4.78 is 18.2. The van der Waals surface area contributed by atoms with Crippen LogP contribution < -0.4 is 4.74 Å². The second-order valence-electron chi connectivity index (χ2n) is 3.94. The van der Waals surface area contributed by atoms with Gasteiger partial charge in [-0.05, 0) is 31.2 Å². The maximum Gasteiger partial charge on any atom is 0.202 e. The van der Waals surface area contributed by atoms with Gasteiger partial charge in [0, 0.05) is 5.56 Å². The van der Waals surface area contributed by atoms with Gasteiger partial charge >= 0.3 is 0 Å². The van der Waals surface area contributed by atoms with Crippen molar-refractivity contribution in [3.05, 3.63) is 66.0 Å². The molecular formula is C15H13FO2. The average molecular weight is 244 g/mol. The van der Waals surface area contributed by atoms with Gasteiger partial charge in [0.25, 0.3) is 0 Å². The lowest BCUT2D eigenvalue weighted by Gasteiger charge is -2.13. The molecule has 0 fully saturated rings. The smallest absolute Gasteiger partial charge is 0.202 e. The molecule has 2 nitrogen and oxygen atoms in total. The second kappa shape index (κ2) is 5.45. The fourth-order valence-corrected chi connectivity index (χ4v) is 1.61. The van der Waals surface area contributed by atoms with E-state index < -0.39 is 6.10 Å². The first-order valence-electron chi connectivity index (χ1n) is 5.68. The van der Waals surface area contributed by atoms with Crippen molar-refractivity contribution >= 4 is 5.78 Å². The number of ether oxygens (including phenoxy) is 1. The Bertz CT molecular complexity index is 520. The van der Waals surface area contributed by atoms with Gasteiger partial charge in [-0.25, -0.2) is 4.39 Å². The zero-order valence-corrected chi connectivity index (χ0v) is 9.97. The van der Waals surface area contributed by atoms with Gasteiger partial charge in [0.1, 0.15) is 11.6 Å². The van der Waals surface area contributed by atoms with Gasteiger partial charge in [0.15, 0.2) is 6.10 Å². The van der Waals surface area contributed by atoms with E-state index in [4.69, 9.17) is 4.74 Å². The van der Waals surface area contributed by atoms with Crippen LogP contribution in [0.1, 0.15) is 17.3 Å². The molecule has 0 N–H and O–H groups in total. The van der Waals surface area contributed by atoms with E-state index in [1.165, 1.54) is 24.3 Å². The van der Waals surface area contributed by atoms with E-state index in [0.29, 0.717) is 11.3 Å². The normalized spacial score (nSPS) is 11.9. The minimum Gasteiger partial charge on any atom is -0.483 e. The van der Waals surface area contributed by atoms with Crippen LogP contribution >= 0.6 is 0 Å². The quantitative estimate of drug-likeness (QED) is 0.770. The minimum atomic E-state index is -0.599. The Morgan fingerprint density at radius 3 is 2.28 bits per heavy atom. The van der Waals surface area contributed by atoms with Crippen LogP contribution in [0.3, 0.4) is 0 Å². The van der Waals surface area contributed by atoms with Gasteiger partial charge in [-0.15, -0.1) is 0 Å². The number of rotatable bonds is 4.